The van der Waals surface area contributed by atoms with Crippen LogP contribution in [0.3, 0.4) is 0 Å². The van der Waals surface area contributed by atoms with Gasteiger partial charge < -0.3 is 5.32 Å². The maximum absolute atomic E-state index is 6.40. The van der Waals surface area contributed by atoms with Gasteiger partial charge in [0, 0.05) is 14.0 Å². The predicted octanol–water partition coefficient (Wildman–Crippen LogP) is 5.79. The second-order valence-electron chi connectivity index (χ2n) is 4.85. The third kappa shape index (κ3) is 3.28. The number of hydrogen-bond donors (Lipinski definition) is 1. The first-order valence-corrected chi connectivity index (χ1v) is 8.29. The molecule has 0 aromatic heterocycles. The molecule has 0 heterocycles. The zero-order chi connectivity index (χ0) is 14.9. The van der Waals surface area contributed by atoms with Gasteiger partial charge in [-0.3, -0.25) is 0 Å². The molecule has 0 aliphatic rings. The van der Waals surface area contributed by atoms with E-state index >= 15 is 0 Å². The van der Waals surface area contributed by atoms with E-state index in [2.05, 4.69) is 69.2 Å². The first-order chi connectivity index (χ1) is 9.43. The zero-order valence-electron chi connectivity index (χ0n) is 11.6. The van der Waals surface area contributed by atoms with Crippen LogP contribution in [-0.2, 0) is 0 Å². The van der Waals surface area contributed by atoms with E-state index in [0.717, 1.165) is 19.5 Å². The van der Waals surface area contributed by atoms with Crippen LogP contribution in [0.25, 0.3) is 0 Å². The van der Waals surface area contributed by atoms with E-state index < -0.39 is 0 Å². The number of aryl methyl sites for hydroxylation is 2. The van der Waals surface area contributed by atoms with Gasteiger partial charge in [-0.25, -0.2) is 0 Å². The summed E-state index contributed by atoms with van der Waals surface area (Å²) < 4.78 is 2.13. The predicted molar refractivity (Wildman–Crippen MR) is 93.7 cm³/mol. The van der Waals surface area contributed by atoms with Gasteiger partial charge >= 0.3 is 0 Å². The quantitative estimate of drug-likeness (QED) is 0.666. The van der Waals surface area contributed by atoms with E-state index in [9.17, 15) is 0 Å². The fourth-order valence-electron chi connectivity index (χ4n) is 2.33. The summed E-state index contributed by atoms with van der Waals surface area (Å²) in [5.41, 5.74) is 4.79. The fraction of sp³-hybridized carbons (Fsp3) is 0.250. The highest BCUT2D eigenvalue weighted by Crippen LogP contribution is 2.33. The average molecular weight is 418 g/mol. The Balaban J connectivity index is 2.55. The minimum absolute atomic E-state index is 0.0856. The van der Waals surface area contributed by atoms with Gasteiger partial charge in [-0.15, -0.1) is 0 Å². The molecule has 106 valence electrons. The number of rotatable bonds is 3. The minimum atomic E-state index is 0.0856. The standard InChI is InChI=1S/C16H16Br2ClN/c1-9-7-14(18)10(2)6-13(9)16(20-3)12-5-4-11(17)8-15(12)19/h4-8,16,20H,1-3H3. The van der Waals surface area contributed by atoms with Crippen molar-refractivity contribution in [2.24, 2.45) is 0 Å². The summed E-state index contributed by atoms with van der Waals surface area (Å²) in [5, 5.41) is 4.13. The first-order valence-electron chi connectivity index (χ1n) is 6.33. The highest BCUT2D eigenvalue weighted by molar-refractivity contribution is 9.10. The molecule has 0 radical (unpaired) electrons. The summed E-state index contributed by atoms with van der Waals surface area (Å²) in [6.45, 7) is 4.22. The van der Waals surface area contributed by atoms with E-state index in [1.54, 1.807) is 0 Å². The Bertz CT molecular complexity index is 641. The number of hydrogen-bond acceptors (Lipinski definition) is 1. The molecular weight excluding hydrogens is 401 g/mol. The lowest BCUT2D eigenvalue weighted by Gasteiger charge is -2.22. The van der Waals surface area contributed by atoms with Crippen molar-refractivity contribution in [1.82, 2.24) is 5.32 Å². The van der Waals surface area contributed by atoms with Gasteiger partial charge in [0.1, 0.15) is 0 Å². The number of benzene rings is 2. The molecule has 1 nitrogen and oxygen atoms in total. The normalized spacial score (nSPS) is 12.5. The second-order valence-corrected chi connectivity index (χ2v) is 7.02. The van der Waals surface area contributed by atoms with Crippen LogP contribution in [0.2, 0.25) is 5.02 Å². The third-order valence-corrected chi connectivity index (χ3v) is 5.10. The van der Waals surface area contributed by atoms with Crippen LogP contribution < -0.4 is 5.32 Å². The van der Waals surface area contributed by atoms with Crippen LogP contribution in [0.1, 0.15) is 28.3 Å². The molecule has 2 rings (SSSR count). The molecule has 0 saturated carbocycles. The Labute approximate surface area is 142 Å². The lowest BCUT2D eigenvalue weighted by molar-refractivity contribution is 0.687. The zero-order valence-corrected chi connectivity index (χ0v) is 15.5. The van der Waals surface area contributed by atoms with E-state index in [1.807, 2.05) is 19.2 Å². The Morgan fingerprint density at radius 3 is 2.30 bits per heavy atom. The third-order valence-electron chi connectivity index (χ3n) is 3.42. The molecule has 0 aliphatic carbocycles. The summed E-state index contributed by atoms with van der Waals surface area (Å²) in [7, 11) is 1.96. The van der Waals surface area contributed by atoms with Crippen molar-refractivity contribution in [2.75, 3.05) is 7.05 Å². The molecule has 1 N–H and O–H groups in total. The molecule has 0 saturated heterocycles. The summed E-state index contributed by atoms with van der Waals surface area (Å²) in [4.78, 5) is 0. The molecule has 4 heteroatoms. The van der Waals surface area contributed by atoms with Crippen LogP contribution in [-0.4, -0.2) is 7.05 Å². The molecule has 2 aromatic carbocycles. The van der Waals surface area contributed by atoms with Crippen molar-refractivity contribution >= 4 is 43.5 Å². The molecule has 2 aromatic rings. The Morgan fingerprint density at radius 1 is 1.00 bits per heavy atom. The fourth-order valence-corrected chi connectivity index (χ4v) is 3.57. The lowest BCUT2D eigenvalue weighted by Crippen LogP contribution is -2.19. The molecule has 1 unspecified atom stereocenters. The Kier molecular flexibility index (Phi) is 5.30. The van der Waals surface area contributed by atoms with Gasteiger partial charge in [-0.1, -0.05) is 55.6 Å². The first kappa shape index (κ1) is 16.0. The van der Waals surface area contributed by atoms with Crippen molar-refractivity contribution in [3.63, 3.8) is 0 Å². The Morgan fingerprint density at radius 2 is 1.70 bits per heavy atom. The van der Waals surface area contributed by atoms with Gasteiger partial charge in [0.2, 0.25) is 0 Å². The summed E-state index contributed by atoms with van der Waals surface area (Å²) in [6.07, 6.45) is 0. The van der Waals surface area contributed by atoms with Gasteiger partial charge in [-0.2, -0.15) is 0 Å². The van der Waals surface area contributed by atoms with E-state index in [4.69, 9.17) is 11.6 Å². The smallest absolute Gasteiger partial charge is 0.0591 e. The van der Waals surface area contributed by atoms with E-state index in [1.165, 1.54) is 16.7 Å². The molecule has 0 fully saturated rings. The van der Waals surface area contributed by atoms with Crippen LogP contribution in [0.15, 0.2) is 39.3 Å². The molecule has 1 atom stereocenters. The summed E-state index contributed by atoms with van der Waals surface area (Å²) in [6, 6.07) is 10.5. The molecule has 20 heavy (non-hydrogen) atoms. The topological polar surface area (TPSA) is 12.0 Å². The SMILES string of the molecule is CNC(c1cc(C)c(Br)cc1C)c1ccc(Br)cc1Cl. The maximum Gasteiger partial charge on any atom is 0.0591 e. The van der Waals surface area contributed by atoms with Crippen LogP contribution in [0.4, 0.5) is 0 Å². The largest absolute Gasteiger partial charge is 0.309 e. The second kappa shape index (κ2) is 6.61. The highest BCUT2D eigenvalue weighted by atomic mass is 79.9. The monoisotopic (exact) mass is 415 g/mol. The highest BCUT2D eigenvalue weighted by Gasteiger charge is 2.18. The minimum Gasteiger partial charge on any atom is -0.309 e. The molecule has 0 spiro atoms. The van der Waals surface area contributed by atoms with Crippen molar-refractivity contribution in [3.05, 3.63) is 66.6 Å². The van der Waals surface area contributed by atoms with Crippen LogP contribution in [0.5, 0.6) is 0 Å². The summed E-state index contributed by atoms with van der Waals surface area (Å²) in [5.74, 6) is 0. The van der Waals surface area contributed by atoms with Crippen LogP contribution >= 0.6 is 43.5 Å². The van der Waals surface area contributed by atoms with Gasteiger partial charge in [0.05, 0.1) is 6.04 Å². The van der Waals surface area contributed by atoms with E-state index in [-0.39, 0.29) is 6.04 Å². The van der Waals surface area contributed by atoms with Crippen molar-refractivity contribution in [1.29, 1.82) is 0 Å². The van der Waals surface area contributed by atoms with E-state index in [0.29, 0.717) is 0 Å². The number of halogens is 3. The van der Waals surface area contributed by atoms with Gasteiger partial charge in [0.25, 0.3) is 0 Å². The van der Waals surface area contributed by atoms with Crippen molar-refractivity contribution < 1.29 is 0 Å². The Hall–Kier alpha value is -0.350. The molecule has 0 aliphatic heterocycles. The molecule has 0 amide bonds. The van der Waals surface area contributed by atoms with Crippen molar-refractivity contribution in [3.8, 4) is 0 Å². The number of nitrogens with one attached hydrogen (secondary N) is 1. The molecule has 0 bridgehead atoms. The maximum atomic E-state index is 6.40. The van der Waals surface area contributed by atoms with Gasteiger partial charge in [0.15, 0.2) is 0 Å². The molecular formula is C16H16Br2ClN. The van der Waals surface area contributed by atoms with Gasteiger partial charge in [-0.05, 0) is 61.3 Å². The lowest BCUT2D eigenvalue weighted by atomic mass is 9.93. The van der Waals surface area contributed by atoms with Crippen molar-refractivity contribution in [2.45, 2.75) is 19.9 Å². The summed E-state index contributed by atoms with van der Waals surface area (Å²) >= 11 is 13.4. The van der Waals surface area contributed by atoms with Crippen LogP contribution in [0, 0.1) is 13.8 Å². The average Bonchev–Trinajstić information content (AvgIpc) is 2.38.